The van der Waals surface area contributed by atoms with Crippen LogP contribution in [0.25, 0.3) is 0 Å². The van der Waals surface area contributed by atoms with Gasteiger partial charge in [-0.2, -0.15) is 0 Å². The molecule has 0 saturated heterocycles. The van der Waals surface area contributed by atoms with E-state index in [1.165, 1.54) is 0 Å². The Morgan fingerprint density at radius 1 is 1.78 bits per heavy atom. The Labute approximate surface area is 80.6 Å². The smallest absolute Gasteiger partial charge is 0 e. The first-order chi connectivity index (χ1) is 3.81. The minimum absolute atomic E-state index is 0. The molecule has 0 heterocycles. The molecule has 1 atom stereocenters. The fraction of sp³-hybridized carbons (Fsp3) is 0.600. The predicted molar refractivity (Wildman–Crippen MR) is 31.9 cm³/mol. The predicted octanol–water partition coefficient (Wildman–Crippen LogP) is -1.16. The topological polar surface area (TPSA) is 55.1 Å². The van der Waals surface area contributed by atoms with Gasteiger partial charge < -0.3 is 22.8 Å². The van der Waals surface area contributed by atoms with E-state index >= 15 is 0 Å². The monoisotopic (exact) mass is 203 g/mol. The van der Waals surface area contributed by atoms with E-state index < -0.39 is 6.04 Å². The molecule has 0 fully saturated rings. The molecule has 0 rings (SSSR count). The van der Waals surface area contributed by atoms with E-state index in [1.807, 2.05) is 0 Å². The number of hydrogen-bond acceptors (Lipinski definition) is 3. The van der Waals surface area contributed by atoms with Gasteiger partial charge in [0.15, 0.2) is 0 Å². The summed E-state index contributed by atoms with van der Waals surface area (Å²) in [4.78, 5) is 9.70. The van der Waals surface area contributed by atoms with Crippen molar-refractivity contribution in [3.63, 3.8) is 0 Å². The maximum Gasteiger partial charge on any atom is 0 e. The average Bonchev–Trinajstić information content (AvgIpc) is 1.83. The molecule has 0 aliphatic heterocycles. The van der Waals surface area contributed by atoms with Gasteiger partial charge in [-0.25, -0.2) is 6.29 Å². The molecule has 1 radical (unpaired) electrons. The molecule has 0 aromatic carbocycles. The first-order valence-corrected chi connectivity index (χ1v) is 2.44. The van der Waals surface area contributed by atoms with E-state index in [0.29, 0.717) is 13.1 Å². The molecule has 3 N–H and O–H groups in total. The van der Waals surface area contributed by atoms with Crippen LogP contribution in [0.15, 0.2) is 0 Å². The van der Waals surface area contributed by atoms with Crippen LogP contribution in [0.1, 0.15) is 0 Å². The zero-order valence-corrected chi connectivity index (χ0v) is 8.10. The number of nitrogens with one attached hydrogen (secondary N) is 1. The van der Waals surface area contributed by atoms with Crippen LogP contribution >= 0.6 is 0 Å². The van der Waals surface area contributed by atoms with E-state index in [2.05, 4.69) is 12.2 Å². The Bertz CT molecular complexity index is 70.0. The maximum atomic E-state index is 9.70. The van der Waals surface area contributed by atoms with Crippen LogP contribution < -0.4 is 11.1 Å². The molecule has 0 unspecified atom stereocenters. The summed E-state index contributed by atoms with van der Waals surface area (Å²) >= 11 is 0. The van der Waals surface area contributed by atoms with Gasteiger partial charge in [-0.05, 0) is 6.54 Å². The quantitative estimate of drug-likeness (QED) is 0.567. The molecule has 9 heavy (non-hydrogen) atoms. The summed E-state index contributed by atoms with van der Waals surface area (Å²) in [5, 5.41) is 2.80. The molecule has 51 valence electrons. The van der Waals surface area contributed by atoms with Crippen molar-refractivity contribution in [3.05, 3.63) is 6.92 Å². The molecule has 0 bridgehead atoms. The third-order valence-corrected chi connectivity index (χ3v) is 0.692. The van der Waals surface area contributed by atoms with Crippen LogP contribution in [-0.4, -0.2) is 25.4 Å². The van der Waals surface area contributed by atoms with Gasteiger partial charge in [0, 0.05) is 32.7 Å². The zero-order chi connectivity index (χ0) is 6.41. The molecule has 0 aliphatic carbocycles. The van der Waals surface area contributed by atoms with Crippen molar-refractivity contribution in [2.45, 2.75) is 6.04 Å². The summed E-state index contributed by atoms with van der Waals surface area (Å²) in [6, 6.07) is -0.503. The SMILES string of the molecule is [CH2-]CNC[C@H](N)[C-]=O.[Y]. The van der Waals surface area contributed by atoms with Crippen molar-refractivity contribution in [1.82, 2.24) is 5.32 Å². The second-order valence-electron chi connectivity index (χ2n) is 1.43. The van der Waals surface area contributed by atoms with E-state index in [9.17, 15) is 4.79 Å². The van der Waals surface area contributed by atoms with Gasteiger partial charge in [-0.1, -0.05) is 6.04 Å². The van der Waals surface area contributed by atoms with Crippen LogP contribution in [0, 0.1) is 6.92 Å². The summed E-state index contributed by atoms with van der Waals surface area (Å²) in [6.07, 6.45) is 1.64. The number of nitrogens with two attached hydrogens (primary N) is 1. The fourth-order valence-electron chi connectivity index (χ4n) is 0.299. The summed E-state index contributed by atoms with van der Waals surface area (Å²) < 4.78 is 0. The van der Waals surface area contributed by atoms with Crippen molar-refractivity contribution in [2.75, 3.05) is 13.1 Å². The zero-order valence-electron chi connectivity index (χ0n) is 5.26. The van der Waals surface area contributed by atoms with Crippen LogP contribution in [0.2, 0.25) is 0 Å². The van der Waals surface area contributed by atoms with Crippen LogP contribution in [-0.2, 0) is 37.5 Å². The second kappa shape index (κ2) is 8.69. The Balaban J connectivity index is 0. The van der Waals surface area contributed by atoms with Gasteiger partial charge in [0.2, 0.25) is 0 Å². The Hall–Kier alpha value is 0.694. The fourth-order valence-corrected chi connectivity index (χ4v) is 0.299. The van der Waals surface area contributed by atoms with Gasteiger partial charge in [0.1, 0.15) is 0 Å². The molecular weight excluding hydrogens is 193 g/mol. The van der Waals surface area contributed by atoms with Crippen molar-refractivity contribution in [1.29, 1.82) is 0 Å². The van der Waals surface area contributed by atoms with Crippen LogP contribution in [0.3, 0.4) is 0 Å². The molecule has 0 saturated carbocycles. The Morgan fingerprint density at radius 3 is 2.67 bits per heavy atom. The Kier molecular flexibility index (Phi) is 12.0. The van der Waals surface area contributed by atoms with E-state index in [-0.39, 0.29) is 32.7 Å². The number of carbonyl (C=O) groups excluding carboxylic acids is 1. The summed E-state index contributed by atoms with van der Waals surface area (Å²) in [5.41, 5.74) is 5.15. The molecule has 4 heteroatoms. The third kappa shape index (κ3) is 8.69. The normalized spacial score (nSPS) is 11.8. The van der Waals surface area contributed by atoms with Gasteiger partial charge in [-0.3, -0.25) is 0 Å². The van der Waals surface area contributed by atoms with Crippen LogP contribution in [0.4, 0.5) is 0 Å². The molecule has 3 nitrogen and oxygen atoms in total. The molecule has 0 aromatic heterocycles. The van der Waals surface area contributed by atoms with E-state index in [1.54, 1.807) is 6.29 Å². The third-order valence-electron chi connectivity index (χ3n) is 0.692. The van der Waals surface area contributed by atoms with Crippen molar-refractivity contribution in [2.24, 2.45) is 5.73 Å². The van der Waals surface area contributed by atoms with E-state index in [0.717, 1.165) is 0 Å². The van der Waals surface area contributed by atoms with Crippen molar-refractivity contribution >= 4 is 6.29 Å². The minimum Gasteiger partial charge on any atom is -0.540 e. The molecular formula is C5H10N2OY-2. The standard InChI is InChI=1S/C5H10N2O.Y/c1-2-7-3-5(6)4-8;/h5,7H,1-3,6H2;/q-2;/t5-;/m0./s1. The second-order valence-corrected chi connectivity index (χ2v) is 1.43. The first-order valence-electron chi connectivity index (χ1n) is 2.44. The summed E-state index contributed by atoms with van der Waals surface area (Å²) in [5.74, 6) is 0. The molecule has 0 aliphatic rings. The van der Waals surface area contributed by atoms with Gasteiger partial charge in [-0.15, -0.1) is 6.54 Å². The van der Waals surface area contributed by atoms with Crippen LogP contribution in [0.5, 0.6) is 0 Å². The Morgan fingerprint density at radius 2 is 2.33 bits per heavy atom. The molecule has 0 spiro atoms. The maximum absolute atomic E-state index is 9.70. The number of hydrogen-bond donors (Lipinski definition) is 2. The van der Waals surface area contributed by atoms with Crippen molar-refractivity contribution < 1.29 is 37.5 Å². The first kappa shape index (κ1) is 12.4. The molecule has 0 amide bonds. The van der Waals surface area contributed by atoms with E-state index in [4.69, 9.17) is 5.73 Å². The average molecular weight is 203 g/mol. The minimum atomic E-state index is -0.503. The largest absolute Gasteiger partial charge is 0.540 e. The number of rotatable bonds is 4. The van der Waals surface area contributed by atoms with Crippen molar-refractivity contribution in [3.8, 4) is 0 Å². The summed E-state index contributed by atoms with van der Waals surface area (Å²) in [7, 11) is 0. The summed E-state index contributed by atoms with van der Waals surface area (Å²) in [6.45, 7) is 4.55. The van der Waals surface area contributed by atoms with Gasteiger partial charge in [0.05, 0.1) is 0 Å². The van der Waals surface area contributed by atoms with Gasteiger partial charge >= 0.3 is 0 Å². The molecule has 0 aromatic rings. The van der Waals surface area contributed by atoms with Gasteiger partial charge in [0.25, 0.3) is 0 Å².